The summed E-state index contributed by atoms with van der Waals surface area (Å²) in [4.78, 5) is 12.0. The minimum absolute atomic E-state index is 0.0490. The van der Waals surface area contributed by atoms with E-state index in [0.717, 1.165) is 49.4 Å². The summed E-state index contributed by atoms with van der Waals surface area (Å²) in [5.74, 6) is 3.97. The zero-order chi connectivity index (χ0) is 16.4. The fourth-order valence-electron chi connectivity index (χ4n) is 7.60. The molecule has 0 radical (unpaired) electrons. The smallest absolute Gasteiger partial charge is 0.132 e. The fourth-order valence-corrected chi connectivity index (χ4v) is 7.60. The van der Waals surface area contributed by atoms with E-state index in [-0.39, 0.29) is 6.10 Å². The highest BCUT2D eigenvalue weighted by Gasteiger charge is 2.59. The van der Waals surface area contributed by atoms with Gasteiger partial charge in [-0.2, -0.15) is 0 Å². The highest BCUT2D eigenvalue weighted by Crippen LogP contribution is 2.66. The van der Waals surface area contributed by atoms with Gasteiger partial charge in [-0.15, -0.1) is 0 Å². The summed E-state index contributed by atoms with van der Waals surface area (Å²) in [6, 6.07) is 0. The van der Waals surface area contributed by atoms with Crippen LogP contribution in [0.3, 0.4) is 0 Å². The molecular formula is C21H34O2. The van der Waals surface area contributed by atoms with Gasteiger partial charge in [0.1, 0.15) is 5.78 Å². The largest absolute Gasteiger partial charge is 0.393 e. The van der Waals surface area contributed by atoms with Gasteiger partial charge in [0.05, 0.1) is 6.10 Å². The molecule has 0 bridgehead atoms. The van der Waals surface area contributed by atoms with Gasteiger partial charge in [0.2, 0.25) is 0 Å². The van der Waals surface area contributed by atoms with Gasteiger partial charge in [0, 0.05) is 5.92 Å². The molecule has 4 saturated carbocycles. The van der Waals surface area contributed by atoms with Crippen LogP contribution in [0.4, 0.5) is 0 Å². The van der Waals surface area contributed by atoms with Crippen LogP contribution in [0.15, 0.2) is 0 Å². The fraction of sp³-hybridized carbons (Fsp3) is 0.952. The van der Waals surface area contributed by atoms with Crippen molar-refractivity contribution >= 4 is 5.78 Å². The molecule has 0 saturated heterocycles. The summed E-state index contributed by atoms with van der Waals surface area (Å²) in [6.07, 6.45) is 10.9. The van der Waals surface area contributed by atoms with E-state index < -0.39 is 0 Å². The van der Waals surface area contributed by atoms with Crippen molar-refractivity contribution < 1.29 is 9.90 Å². The molecule has 1 N–H and O–H groups in total. The third-order valence-corrected chi connectivity index (χ3v) is 8.98. The first-order valence-electron chi connectivity index (χ1n) is 10.0. The van der Waals surface area contributed by atoms with Crippen LogP contribution in [0.25, 0.3) is 0 Å². The second-order valence-corrected chi connectivity index (χ2v) is 10.0. The van der Waals surface area contributed by atoms with Crippen LogP contribution >= 0.6 is 0 Å². The van der Waals surface area contributed by atoms with E-state index in [1.54, 1.807) is 0 Å². The zero-order valence-corrected chi connectivity index (χ0v) is 15.2. The lowest BCUT2D eigenvalue weighted by atomic mass is 9.45. The Hall–Kier alpha value is -0.370. The van der Waals surface area contributed by atoms with E-state index in [1.165, 1.54) is 32.1 Å². The van der Waals surface area contributed by atoms with Crippen LogP contribution in [0.5, 0.6) is 0 Å². The predicted molar refractivity (Wildman–Crippen MR) is 91.9 cm³/mol. The number of hydrogen-bond donors (Lipinski definition) is 1. The summed E-state index contributed by atoms with van der Waals surface area (Å²) in [5, 5.41) is 10.1. The van der Waals surface area contributed by atoms with Gasteiger partial charge in [-0.1, -0.05) is 13.8 Å². The highest BCUT2D eigenvalue weighted by molar-refractivity contribution is 5.78. The summed E-state index contributed by atoms with van der Waals surface area (Å²) >= 11 is 0. The molecule has 130 valence electrons. The molecule has 0 aromatic carbocycles. The Morgan fingerprint density at radius 2 is 1.78 bits per heavy atom. The van der Waals surface area contributed by atoms with Crippen molar-refractivity contribution in [3.05, 3.63) is 0 Å². The molecule has 0 aliphatic heterocycles. The molecule has 0 spiro atoms. The third kappa shape index (κ3) is 2.34. The summed E-state index contributed by atoms with van der Waals surface area (Å²) in [6.45, 7) is 6.83. The summed E-state index contributed by atoms with van der Waals surface area (Å²) in [5.41, 5.74) is 0.882. The Labute approximate surface area is 141 Å². The Bertz CT molecular complexity index is 500. The lowest BCUT2D eigenvalue weighted by Crippen LogP contribution is -2.53. The molecule has 0 heterocycles. The highest BCUT2D eigenvalue weighted by atomic mass is 16.3. The van der Waals surface area contributed by atoms with Crippen LogP contribution in [0, 0.1) is 40.4 Å². The lowest BCUT2D eigenvalue weighted by molar-refractivity contribution is -0.121. The SMILES string of the molecule is CC(=O)[C@@H]1CC2[C@H]3CCC4C[C@@H](O)CC[C@@]4(C)C3CC[C@@]2(C)C1. The van der Waals surface area contributed by atoms with Gasteiger partial charge < -0.3 is 5.11 Å². The van der Waals surface area contributed by atoms with Gasteiger partial charge in [0.25, 0.3) is 0 Å². The van der Waals surface area contributed by atoms with Crippen LogP contribution in [-0.4, -0.2) is 17.0 Å². The van der Waals surface area contributed by atoms with Crippen molar-refractivity contribution in [2.45, 2.75) is 84.7 Å². The average Bonchev–Trinajstić information content (AvgIpc) is 2.86. The lowest BCUT2D eigenvalue weighted by Gasteiger charge is -2.60. The molecule has 2 nitrogen and oxygen atoms in total. The van der Waals surface area contributed by atoms with Gasteiger partial charge >= 0.3 is 0 Å². The van der Waals surface area contributed by atoms with Crippen LogP contribution in [0.1, 0.15) is 78.6 Å². The monoisotopic (exact) mass is 318 g/mol. The maximum Gasteiger partial charge on any atom is 0.132 e. The minimum atomic E-state index is -0.0490. The number of rotatable bonds is 1. The van der Waals surface area contributed by atoms with Crippen molar-refractivity contribution in [3.63, 3.8) is 0 Å². The Kier molecular flexibility index (Phi) is 3.72. The number of ketones is 1. The van der Waals surface area contributed by atoms with Crippen molar-refractivity contribution in [3.8, 4) is 0 Å². The molecule has 4 rings (SSSR count). The molecule has 8 atom stereocenters. The Morgan fingerprint density at radius 3 is 2.52 bits per heavy atom. The van der Waals surface area contributed by atoms with Crippen LogP contribution < -0.4 is 0 Å². The number of aliphatic hydroxyl groups is 1. The quantitative estimate of drug-likeness (QED) is 0.767. The van der Waals surface area contributed by atoms with Crippen molar-refractivity contribution in [1.82, 2.24) is 0 Å². The second kappa shape index (κ2) is 5.31. The van der Waals surface area contributed by atoms with Gasteiger partial charge in [-0.05, 0) is 99.2 Å². The topological polar surface area (TPSA) is 37.3 Å². The molecular weight excluding hydrogens is 284 g/mol. The normalized spacial score (nSPS) is 55.7. The number of aliphatic hydroxyl groups excluding tert-OH is 1. The summed E-state index contributed by atoms with van der Waals surface area (Å²) in [7, 11) is 0. The van der Waals surface area contributed by atoms with Gasteiger partial charge in [0.15, 0.2) is 0 Å². The van der Waals surface area contributed by atoms with Crippen molar-refractivity contribution in [2.75, 3.05) is 0 Å². The molecule has 0 amide bonds. The van der Waals surface area contributed by atoms with Crippen molar-refractivity contribution in [1.29, 1.82) is 0 Å². The molecule has 4 aliphatic carbocycles. The van der Waals surface area contributed by atoms with E-state index in [1.807, 2.05) is 6.92 Å². The molecule has 0 aromatic rings. The standard InChI is InChI=1S/C21H34O2/c1-13(22)14-10-19-17-5-4-15-11-16(23)6-9-21(15,3)18(17)7-8-20(19,2)12-14/h14-19,23H,4-12H2,1-3H3/t14-,15?,16+,17+,18?,19?,20+,21-/m1/s1. The Balaban J connectivity index is 1.60. The number of hydrogen-bond acceptors (Lipinski definition) is 2. The number of carbonyl (C=O) groups is 1. The predicted octanol–water partition coefficient (Wildman–Crippen LogP) is 4.60. The molecule has 2 heteroatoms. The zero-order valence-electron chi connectivity index (χ0n) is 15.2. The van der Waals surface area contributed by atoms with E-state index in [0.29, 0.717) is 22.5 Å². The first kappa shape index (κ1) is 16.1. The molecule has 4 fully saturated rings. The van der Waals surface area contributed by atoms with E-state index in [9.17, 15) is 9.90 Å². The first-order chi connectivity index (χ1) is 10.8. The van der Waals surface area contributed by atoms with Gasteiger partial charge in [-0.25, -0.2) is 0 Å². The maximum absolute atomic E-state index is 12.0. The summed E-state index contributed by atoms with van der Waals surface area (Å²) < 4.78 is 0. The second-order valence-electron chi connectivity index (χ2n) is 10.0. The van der Waals surface area contributed by atoms with Crippen molar-refractivity contribution in [2.24, 2.45) is 40.4 Å². The van der Waals surface area contributed by atoms with Crippen LogP contribution in [0.2, 0.25) is 0 Å². The van der Waals surface area contributed by atoms with E-state index >= 15 is 0 Å². The van der Waals surface area contributed by atoms with Crippen LogP contribution in [-0.2, 0) is 4.79 Å². The third-order valence-electron chi connectivity index (χ3n) is 8.98. The number of fused-ring (bicyclic) bond motifs is 5. The molecule has 0 aromatic heterocycles. The first-order valence-corrected chi connectivity index (χ1v) is 10.0. The minimum Gasteiger partial charge on any atom is -0.393 e. The Morgan fingerprint density at radius 1 is 1.00 bits per heavy atom. The van der Waals surface area contributed by atoms with Gasteiger partial charge in [-0.3, -0.25) is 4.79 Å². The van der Waals surface area contributed by atoms with E-state index in [4.69, 9.17) is 0 Å². The average molecular weight is 319 g/mol. The maximum atomic E-state index is 12.0. The molecule has 4 aliphatic rings. The number of carbonyl (C=O) groups excluding carboxylic acids is 1. The molecule has 23 heavy (non-hydrogen) atoms. The molecule has 3 unspecified atom stereocenters. The van der Waals surface area contributed by atoms with E-state index in [2.05, 4.69) is 13.8 Å². The number of Topliss-reactive ketones (excluding diaryl/α,β-unsaturated/α-hetero) is 1.